The van der Waals surface area contributed by atoms with Gasteiger partial charge in [0.25, 0.3) is 0 Å². The van der Waals surface area contributed by atoms with Crippen molar-refractivity contribution in [2.45, 2.75) is 59.2 Å². The van der Waals surface area contributed by atoms with Crippen LogP contribution in [-0.4, -0.2) is 20.8 Å². The third kappa shape index (κ3) is 3.63. The van der Waals surface area contributed by atoms with Crippen LogP contribution in [0, 0.1) is 0 Å². The van der Waals surface area contributed by atoms with Gasteiger partial charge in [-0.3, -0.25) is 0 Å². The molecule has 0 aromatic carbocycles. The molecule has 0 aliphatic heterocycles. The molecule has 1 aromatic heterocycles. The molecule has 1 unspecified atom stereocenters. The van der Waals surface area contributed by atoms with Crippen molar-refractivity contribution in [1.82, 2.24) is 20.1 Å². The molecule has 0 saturated carbocycles. The molecule has 0 fully saturated rings. The van der Waals surface area contributed by atoms with Gasteiger partial charge in [-0.2, -0.15) is 5.10 Å². The first-order valence-corrected chi connectivity index (χ1v) is 5.76. The lowest BCUT2D eigenvalue weighted by Crippen LogP contribution is -2.25. The molecule has 0 radical (unpaired) electrons. The molecule has 86 valence electrons. The molecule has 0 saturated heterocycles. The van der Waals surface area contributed by atoms with Gasteiger partial charge >= 0.3 is 0 Å². The second kappa shape index (κ2) is 5.85. The topological polar surface area (TPSA) is 42.7 Å². The van der Waals surface area contributed by atoms with Crippen LogP contribution in [0.5, 0.6) is 0 Å². The van der Waals surface area contributed by atoms with E-state index in [0.717, 1.165) is 18.8 Å². The van der Waals surface area contributed by atoms with Gasteiger partial charge in [0.05, 0.1) is 12.6 Å². The number of nitrogens with zero attached hydrogens (tertiary/aromatic N) is 3. The standard InChI is InChI=1S/C11H22N4/c1-5-6-10(4)15-11(13-8-14-15)7-12-9(2)3/h8-10,12H,5-7H2,1-4H3. The van der Waals surface area contributed by atoms with E-state index in [2.05, 4.69) is 43.1 Å². The Morgan fingerprint density at radius 3 is 2.73 bits per heavy atom. The summed E-state index contributed by atoms with van der Waals surface area (Å²) < 4.78 is 2.03. The van der Waals surface area contributed by atoms with Crippen molar-refractivity contribution < 1.29 is 0 Å². The van der Waals surface area contributed by atoms with Gasteiger partial charge in [-0.05, 0) is 13.3 Å². The maximum Gasteiger partial charge on any atom is 0.141 e. The Morgan fingerprint density at radius 1 is 1.40 bits per heavy atom. The zero-order valence-electron chi connectivity index (χ0n) is 10.2. The van der Waals surface area contributed by atoms with Crippen LogP contribution in [0.25, 0.3) is 0 Å². The Hall–Kier alpha value is -0.900. The van der Waals surface area contributed by atoms with Crippen molar-refractivity contribution in [1.29, 1.82) is 0 Å². The molecule has 15 heavy (non-hydrogen) atoms. The van der Waals surface area contributed by atoms with E-state index < -0.39 is 0 Å². The van der Waals surface area contributed by atoms with Gasteiger partial charge in [0.15, 0.2) is 0 Å². The van der Waals surface area contributed by atoms with E-state index in [4.69, 9.17) is 0 Å². The summed E-state index contributed by atoms with van der Waals surface area (Å²) >= 11 is 0. The number of hydrogen-bond acceptors (Lipinski definition) is 3. The minimum Gasteiger partial charge on any atom is -0.308 e. The minimum absolute atomic E-state index is 0.446. The van der Waals surface area contributed by atoms with Crippen LogP contribution in [0.2, 0.25) is 0 Å². The predicted octanol–water partition coefficient (Wildman–Crippen LogP) is 2.14. The maximum atomic E-state index is 4.28. The fourth-order valence-electron chi connectivity index (χ4n) is 1.60. The molecule has 4 nitrogen and oxygen atoms in total. The first kappa shape index (κ1) is 12.2. The highest BCUT2D eigenvalue weighted by molar-refractivity contribution is 4.86. The van der Waals surface area contributed by atoms with Gasteiger partial charge < -0.3 is 5.32 Å². The molecule has 0 aliphatic carbocycles. The van der Waals surface area contributed by atoms with Gasteiger partial charge in [-0.1, -0.05) is 27.2 Å². The summed E-state index contributed by atoms with van der Waals surface area (Å²) in [7, 11) is 0. The normalized spacial score (nSPS) is 13.4. The molecular weight excluding hydrogens is 188 g/mol. The average Bonchev–Trinajstić information content (AvgIpc) is 2.62. The molecule has 0 aliphatic rings. The lowest BCUT2D eigenvalue weighted by Gasteiger charge is -2.14. The van der Waals surface area contributed by atoms with Crippen molar-refractivity contribution in [2.24, 2.45) is 0 Å². The quantitative estimate of drug-likeness (QED) is 0.782. The van der Waals surface area contributed by atoms with E-state index in [-0.39, 0.29) is 0 Å². The highest BCUT2D eigenvalue weighted by Gasteiger charge is 2.10. The smallest absolute Gasteiger partial charge is 0.141 e. The molecule has 1 N–H and O–H groups in total. The lowest BCUT2D eigenvalue weighted by atomic mass is 10.2. The van der Waals surface area contributed by atoms with Crippen LogP contribution in [0.4, 0.5) is 0 Å². The van der Waals surface area contributed by atoms with Crippen molar-refractivity contribution in [3.8, 4) is 0 Å². The third-order valence-electron chi connectivity index (χ3n) is 2.44. The zero-order chi connectivity index (χ0) is 11.3. The molecule has 1 rings (SSSR count). The molecule has 0 bridgehead atoms. The Kier molecular flexibility index (Phi) is 4.75. The largest absolute Gasteiger partial charge is 0.308 e. The Morgan fingerprint density at radius 2 is 2.13 bits per heavy atom. The van der Waals surface area contributed by atoms with Crippen molar-refractivity contribution >= 4 is 0 Å². The summed E-state index contributed by atoms with van der Waals surface area (Å²) in [5, 5.41) is 7.64. The van der Waals surface area contributed by atoms with Crippen LogP contribution in [0.3, 0.4) is 0 Å². The number of hydrogen-bond donors (Lipinski definition) is 1. The predicted molar refractivity (Wildman–Crippen MR) is 61.6 cm³/mol. The third-order valence-corrected chi connectivity index (χ3v) is 2.44. The lowest BCUT2D eigenvalue weighted by molar-refractivity contribution is 0.424. The van der Waals surface area contributed by atoms with Crippen LogP contribution in [-0.2, 0) is 6.54 Å². The monoisotopic (exact) mass is 210 g/mol. The Balaban J connectivity index is 2.60. The van der Waals surface area contributed by atoms with E-state index in [1.807, 2.05) is 4.68 Å². The van der Waals surface area contributed by atoms with Gasteiger partial charge in [0, 0.05) is 6.04 Å². The van der Waals surface area contributed by atoms with Gasteiger partial charge in [0.2, 0.25) is 0 Å². The van der Waals surface area contributed by atoms with E-state index >= 15 is 0 Å². The van der Waals surface area contributed by atoms with Crippen LogP contribution < -0.4 is 5.32 Å². The minimum atomic E-state index is 0.446. The van der Waals surface area contributed by atoms with Gasteiger partial charge in [-0.25, -0.2) is 9.67 Å². The highest BCUT2D eigenvalue weighted by atomic mass is 15.4. The van der Waals surface area contributed by atoms with Gasteiger partial charge in [0.1, 0.15) is 12.2 Å². The Bertz CT molecular complexity index is 280. The van der Waals surface area contributed by atoms with Crippen molar-refractivity contribution in [3.05, 3.63) is 12.2 Å². The summed E-state index contributed by atoms with van der Waals surface area (Å²) in [5.41, 5.74) is 0. The van der Waals surface area contributed by atoms with Crippen LogP contribution in [0.15, 0.2) is 6.33 Å². The molecule has 1 atom stereocenters. The highest BCUT2D eigenvalue weighted by Crippen LogP contribution is 2.12. The number of aromatic nitrogens is 3. The van der Waals surface area contributed by atoms with Crippen LogP contribution in [0.1, 0.15) is 52.4 Å². The summed E-state index contributed by atoms with van der Waals surface area (Å²) in [6.07, 6.45) is 3.97. The van der Waals surface area contributed by atoms with E-state index in [0.29, 0.717) is 12.1 Å². The molecule has 1 heterocycles. The summed E-state index contributed by atoms with van der Waals surface area (Å²) in [5.74, 6) is 1.03. The van der Waals surface area contributed by atoms with Crippen molar-refractivity contribution in [3.63, 3.8) is 0 Å². The fraction of sp³-hybridized carbons (Fsp3) is 0.818. The SMILES string of the molecule is CCCC(C)n1ncnc1CNC(C)C. The van der Waals surface area contributed by atoms with Crippen LogP contribution >= 0.6 is 0 Å². The summed E-state index contributed by atoms with van der Waals surface area (Å²) in [4.78, 5) is 4.28. The summed E-state index contributed by atoms with van der Waals surface area (Å²) in [6.45, 7) is 9.45. The number of rotatable bonds is 6. The second-order valence-corrected chi connectivity index (χ2v) is 4.29. The maximum absolute atomic E-state index is 4.28. The molecule has 0 spiro atoms. The Labute approximate surface area is 92.1 Å². The summed E-state index contributed by atoms with van der Waals surface area (Å²) in [6, 6.07) is 0.929. The molecular formula is C11H22N4. The van der Waals surface area contributed by atoms with Gasteiger partial charge in [-0.15, -0.1) is 0 Å². The first-order chi connectivity index (χ1) is 7.15. The molecule has 1 aromatic rings. The van der Waals surface area contributed by atoms with E-state index in [9.17, 15) is 0 Å². The van der Waals surface area contributed by atoms with Crippen molar-refractivity contribution in [2.75, 3.05) is 0 Å². The average molecular weight is 210 g/mol. The second-order valence-electron chi connectivity index (χ2n) is 4.29. The van der Waals surface area contributed by atoms with E-state index in [1.54, 1.807) is 6.33 Å². The fourth-order valence-corrected chi connectivity index (χ4v) is 1.60. The molecule has 0 amide bonds. The first-order valence-electron chi connectivity index (χ1n) is 5.76. The zero-order valence-corrected chi connectivity index (χ0v) is 10.2. The molecule has 4 heteroatoms. The number of nitrogens with one attached hydrogen (secondary N) is 1. The van der Waals surface area contributed by atoms with E-state index in [1.165, 1.54) is 6.42 Å².